The number of nitrogens with zero attached hydrogens (tertiary/aromatic N) is 2. The lowest BCUT2D eigenvalue weighted by atomic mass is 10.1. The highest BCUT2D eigenvalue weighted by Crippen LogP contribution is 2.21. The van der Waals surface area contributed by atoms with Crippen molar-refractivity contribution in [2.45, 2.75) is 31.9 Å². The topological polar surface area (TPSA) is 81.6 Å². The minimum atomic E-state index is -0.416. The maximum Gasteiger partial charge on any atom is 0.341 e. The monoisotopic (exact) mass is 407 g/mol. The fourth-order valence-corrected chi connectivity index (χ4v) is 3.34. The van der Waals surface area contributed by atoms with Gasteiger partial charge in [-0.2, -0.15) is 0 Å². The van der Waals surface area contributed by atoms with E-state index in [0.29, 0.717) is 24.0 Å². The van der Waals surface area contributed by atoms with Crippen molar-refractivity contribution >= 4 is 11.9 Å². The zero-order valence-corrected chi connectivity index (χ0v) is 17.9. The molecular weight excluding hydrogens is 374 g/mol. The van der Waals surface area contributed by atoms with Crippen molar-refractivity contribution in [3.63, 3.8) is 0 Å². The number of esters is 1. The number of likely N-dealkylation sites (tertiary alicyclic amines) is 1. The van der Waals surface area contributed by atoms with E-state index in [0.717, 1.165) is 57.1 Å². The molecule has 0 unspecified atom stereocenters. The molecule has 1 heterocycles. The standard InChI is InChI=1S/C21H33N3O5/c1-22-21(24-10-8-17(9-11-24)29-13-5-12-26-2)23-15-16-6-7-19(27-3)18(14-16)20(25)28-4/h6-7,14,17H,5,8-13,15H2,1-4H3,(H,22,23). The Hall–Kier alpha value is -2.32. The molecule has 0 saturated carbocycles. The first-order valence-electron chi connectivity index (χ1n) is 9.94. The number of aliphatic imine (C=N–C) groups is 1. The Bertz CT molecular complexity index is 672. The predicted molar refractivity (Wildman–Crippen MR) is 112 cm³/mol. The smallest absolute Gasteiger partial charge is 0.341 e. The fraction of sp³-hybridized carbons (Fsp3) is 0.619. The van der Waals surface area contributed by atoms with Gasteiger partial charge in [-0.15, -0.1) is 0 Å². The summed E-state index contributed by atoms with van der Waals surface area (Å²) in [6, 6.07) is 5.48. The summed E-state index contributed by atoms with van der Waals surface area (Å²) < 4.78 is 21.1. The molecule has 0 aromatic heterocycles. The third-order valence-electron chi connectivity index (χ3n) is 4.92. The molecular formula is C21H33N3O5. The number of guanidine groups is 1. The molecule has 2 rings (SSSR count). The Morgan fingerprint density at radius 1 is 1.21 bits per heavy atom. The van der Waals surface area contributed by atoms with Gasteiger partial charge in [0.1, 0.15) is 11.3 Å². The maximum absolute atomic E-state index is 12.0. The van der Waals surface area contributed by atoms with E-state index in [9.17, 15) is 4.79 Å². The van der Waals surface area contributed by atoms with Gasteiger partial charge < -0.3 is 29.2 Å². The van der Waals surface area contributed by atoms with Crippen LogP contribution in [0.25, 0.3) is 0 Å². The Labute approximate surface area is 173 Å². The van der Waals surface area contributed by atoms with Gasteiger partial charge in [-0.25, -0.2) is 4.79 Å². The molecule has 8 nitrogen and oxygen atoms in total. The molecule has 1 N–H and O–H groups in total. The van der Waals surface area contributed by atoms with Gasteiger partial charge in [0.2, 0.25) is 0 Å². The van der Waals surface area contributed by atoms with Crippen molar-refractivity contribution in [2.24, 2.45) is 4.99 Å². The van der Waals surface area contributed by atoms with Gasteiger partial charge in [0.05, 0.1) is 20.3 Å². The van der Waals surface area contributed by atoms with Crippen LogP contribution < -0.4 is 10.1 Å². The number of carbonyl (C=O) groups excluding carboxylic acids is 1. The summed E-state index contributed by atoms with van der Waals surface area (Å²) in [5, 5.41) is 3.38. The lowest BCUT2D eigenvalue weighted by Crippen LogP contribution is -2.46. The van der Waals surface area contributed by atoms with Crippen LogP contribution in [0.4, 0.5) is 0 Å². The van der Waals surface area contributed by atoms with Crippen LogP contribution in [0.3, 0.4) is 0 Å². The summed E-state index contributed by atoms with van der Waals surface area (Å²) in [4.78, 5) is 18.6. The van der Waals surface area contributed by atoms with E-state index < -0.39 is 5.97 Å². The normalized spacial score (nSPS) is 15.3. The summed E-state index contributed by atoms with van der Waals surface area (Å²) >= 11 is 0. The van der Waals surface area contributed by atoms with Crippen LogP contribution in [0.15, 0.2) is 23.2 Å². The van der Waals surface area contributed by atoms with Gasteiger partial charge in [0, 0.05) is 47.0 Å². The number of rotatable bonds is 9. The number of ether oxygens (including phenoxy) is 4. The van der Waals surface area contributed by atoms with Crippen LogP contribution in [0.1, 0.15) is 35.2 Å². The molecule has 29 heavy (non-hydrogen) atoms. The first kappa shape index (κ1) is 23.0. The zero-order valence-electron chi connectivity index (χ0n) is 17.9. The number of methoxy groups -OCH3 is 3. The molecule has 1 fully saturated rings. The second-order valence-corrected chi connectivity index (χ2v) is 6.83. The highest BCUT2D eigenvalue weighted by Gasteiger charge is 2.22. The molecule has 1 aliphatic heterocycles. The largest absolute Gasteiger partial charge is 0.496 e. The van der Waals surface area contributed by atoms with Crippen LogP contribution in [0.2, 0.25) is 0 Å². The van der Waals surface area contributed by atoms with Crippen molar-refractivity contribution in [3.8, 4) is 5.75 Å². The predicted octanol–water partition coefficient (Wildman–Crippen LogP) is 2.07. The second-order valence-electron chi connectivity index (χ2n) is 6.83. The quantitative estimate of drug-likeness (QED) is 0.290. The van der Waals surface area contributed by atoms with Gasteiger partial charge in [-0.3, -0.25) is 4.99 Å². The summed E-state index contributed by atoms with van der Waals surface area (Å²) in [7, 11) is 6.38. The minimum absolute atomic E-state index is 0.297. The summed E-state index contributed by atoms with van der Waals surface area (Å²) in [6.07, 6.45) is 3.17. The van der Waals surface area contributed by atoms with Crippen LogP contribution >= 0.6 is 0 Å². The number of hydrogen-bond donors (Lipinski definition) is 1. The first-order valence-corrected chi connectivity index (χ1v) is 9.94. The van der Waals surface area contributed by atoms with E-state index in [1.165, 1.54) is 14.2 Å². The Morgan fingerprint density at radius 2 is 1.97 bits per heavy atom. The number of hydrogen-bond acceptors (Lipinski definition) is 6. The van der Waals surface area contributed by atoms with Gasteiger partial charge in [-0.1, -0.05) is 6.07 Å². The van der Waals surface area contributed by atoms with Crippen molar-refractivity contribution in [1.29, 1.82) is 0 Å². The van der Waals surface area contributed by atoms with Crippen LogP contribution in [-0.2, 0) is 20.8 Å². The molecule has 0 amide bonds. The van der Waals surface area contributed by atoms with Crippen LogP contribution in [0.5, 0.6) is 5.75 Å². The average molecular weight is 408 g/mol. The SMILES string of the molecule is CN=C(NCc1ccc(OC)c(C(=O)OC)c1)N1CCC(OCCCOC)CC1. The van der Waals surface area contributed by atoms with Gasteiger partial charge in [-0.05, 0) is 37.0 Å². The highest BCUT2D eigenvalue weighted by molar-refractivity contribution is 5.92. The Balaban J connectivity index is 1.86. The van der Waals surface area contributed by atoms with Gasteiger partial charge in [0.15, 0.2) is 5.96 Å². The van der Waals surface area contributed by atoms with E-state index in [1.807, 2.05) is 6.07 Å². The molecule has 0 bridgehead atoms. The Morgan fingerprint density at radius 3 is 2.59 bits per heavy atom. The lowest BCUT2D eigenvalue weighted by Gasteiger charge is -2.34. The molecule has 1 aromatic rings. The third kappa shape index (κ3) is 6.90. The lowest BCUT2D eigenvalue weighted by molar-refractivity contribution is 0.00989. The van der Waals surface area contributed by atoms with E-state index in [4.69, 9.17) is 18.9 Å². The van der Waals surface area contributed by atoms with E-state index in [1.54, 1.807) is 26.3 Å². The van der Waals surface area contributed by atoms with Gasteiger partial charge in [0.25, 0.3) is 0 Å². The minimum Gasteiger partial charge on any atom is -0.496 e. The summed E-state index contributed by atoms with van der Waals surface area (Å²) in [5.74, 6) is 0.927. The van der Waals surface area contributed by atoms with Crippen molar-refractivity contribution in [2.75, 3.05) is 54.7 Å². The zero-order chi connectivity index (χ0) is 21.1. The third-order valence-corrected chi connectivity index (χ3v) is 4.92. The Kier molecular flexibility index (Phi) is 9.73. The number of piperidine rings is 1. The average Bonchev–Trinajstić information content (AvgIpc) is 2.77. The van der Waals surface area contributed by atoms with Crippen LogP contribution in [-0.4, -0.2) is 77.6 Å². The van der Waals surface area contributed by atoms with Crippen molar-refractivity contribution < 1.29 is 23.7 Å². The van der Waals surface area contributed by atoms with Crippen LogP contribution in [0, 0.1) is 0 Å². The summed E-state index contributed by atoms with van der Waals surface area (Å²) in [6.45, 7) is 3.81. The van der Waals surface area contributed by atoms with Crippen molar-refractivity contribution in [3.05, 3.63) is 29.3 Å². The van der Waals surface area contributed by atoms with Gasteiger partial charge >= 0.3 is 5.97 Å². The number of nitrogens with one attached hydrogen (secondary N) is 1. The molecule has 0 aliphatic carbocycles. The molecule has 0 radical (unpaired) electrons. The molecule has 8 heteroatoms. The maximum atomic E-state index is 12.0. The second kappa shape index (κ2) is 12.3. The first-order chi connectivity index (χ1) is 14.1. The van der Waals surface area contributed by atoms with E-state index >= 15 is 0 Å². The highest BCUT2D eigenvalue weighted by atomic mass is 16.5. The van der Waals surface area contributed by atoms with E-state index in [2.05, 4.69) is 15.2 Å². The molecule has 1 aliphatic rings. The van der Waals surface area contributed by atoms with E-state index in [-0.39, 0.29) is 0 Å². The molecule has 1 saturated heterocycles. The van der Waals surface area contributed by atoms with Crippen molar-refractivity contribution in [1.82, 2.24) is 10.2 Å². The molecule has 0 atom stereocenters. The number of benzene rings is 1. The number of carbonyl (C=O) groups is 1. The molecule has 162 valence electrons. The summed E-state index contributed by atoms with van der Waals surface area (Å²) in [5.41, 5.74) is 1.36. The fourth-order valence-electron chi connectivity index (χ4n) is 3.34. The molecule has 1 aromatic carbocycles. The molecule has 0 spiro atoms.